The molecule has 1 saturated heterocycles. The molecule has 2 fully saturated rings. The van der Waals surface area contributed by atoms with Crippen LogP contribution in [0.5, 0.6) is 5.75 Å². The molecule has 1 aromatic carbocycles. The summed E-state index contributed by atoms with van der Waals surface area (Å²) in [6, 6.07) is 7.40. The second-order valence-corrected chi connectivity index (χ2v) is 6.37. The van der Waals surface area contributed by atoms with E-state index in [4.69, 9.17) is 9.47 Å². The zero-order chi connectivity index (χ0) is 16.9. The van der Waals surface area contributed by atoms with Gasteiger partial charge in [-0.05, 0) is 25.0 Å². The molecule has 0 spiro atoms. The summed E-state index contributed by atoms with van der Waals surface area (Å²) in [4.78, 5) is 26.0. The molecule has 1 aliphatic carbocycles. The fourth-order valence-electron chi connectivity index (χ4n) is 3.32. The van der Waals surface area contributed by atoms with Crippen LogP contribution in [0.2, 0.25) is 0 Å². The Kier molecular flexibility index (Phi) is 5.35. The lowest BCUT2D eigenvalue weighted by Crippen LogP contribution is -2.51. The monoisotopic (exact) mass is 332 g/mol. The number of ether oxygens (including phenoxy) is 2. The van der Waals surface area contributed by atoms with Gasteiger partial charge in [-0.2, -0.15) is 0 Å². The fourth-order valence-corrected chi connectivity index (χ4v) is 3.32. The van der Waals surface area contributed by atoms with E-state index in [-0.39, 0.29) is 30.4 Å². The van der Waals surface area contributed by atoms with Crippen molar-refractivity contribution in [1.82, 2.24) is 5.32 Å². The summed E-state index contributed by atoms with van der Waals surface area (Å²) in [7, 11) is 1.60. The normalized spacial score (nSPS) is 21.8. The van der Waals surface area contributed by atoms with Crippen LogP contribution in [0.3, 0.4) is 0 Å². The van der Waals surface area contributed by atoms with Crippen LogP contribution in [-0.4, -0.2) is 44.7 Å². The molecule has 1 aliphatic heterocycles. The van der Waals surface area contributed by atoms with Crippen LogP contribution in [0, 0.1) is 5.92 Å². The molecule has 0 bridgehead atoms. The number of carbonyl (C=O) groups excluding carboxylic acids is 2. The number of morpholine rings is 1. The molecule has 1 saturated carbocycles. The Morgan fingerprint density at radius 2 is 2.17 bits per heavy atom. The Balaban J connectivity index is 1.58. The van der Waals surface area contributed by atoms with Crippen molar-refractivity contribution < 1.29 is 19.1 Å². The van der Waals surface area contributed by atoms with Crippen molar-refractivity contribution in [3.05, 3.63) is 24.3 Å². The standard InChI is InChI=1S/C18H24N2O4/c1-23-15-8-4-7-14(9-15)20-11-16(24-12-17(20)21)10-19-18(22)13-5-2-3-6-13/h4,7-9,13,16H,2-3,5-6,10-12H2,1H3,(H,19,22). The molecule has 1 aromatic rings. The molecule has 2 amide bonds. The maximum atomic E-state index is 12.2. The van der Waals surface area contributed by atoms with Gasteiger partial charge in [0, 0.05) is 24.2 Å². The van der Waals surface area contributed by atoms with Crippen LogP contribution in [0.1, 0.15) is 25.7 Å². The van der Waals surface area contributed by atoms with Gasteiger partial charge in [0.2, 0.25) is 5.91 Å². The third-order valence-electron chi connectivity index (χ3n) is 4.72. The average molecular weight is 332 g/mol. The predicted octanol–water partition coefficient (Wildman–Crippen LogP) is 1.73. The second-order valence-electron chi connectivity index (χ2n) is 6.37. The summed E-state index contributed by atoms with van der Waals surface area (Å²) < 4.78 is 10.8. The van der Waals surface area contributed by atoms with E-state index in [1.807, 2.05) is 24.3 Å². The Labute approximate surface area is 142 Å². The van der Waals surface area contributed by atoms with Gasteiger partial charge in [0.1, 0.15) is 12.4 Å². The van der Waals surface area contributed by atoms with Crippen LogP contribution < -0.4 is 15.0 Å². The summed E-state index contributed by atoms with van der Waals surface area (Å²) >= 11 is 0. The lowest BCUT2D eigenvalue weighted by Gasteiger charge is -2.33. The van der Waals surface area contributed by atoms with E-state index in [1.54, 1.807) is 12.0 Å². The lowest BCUT2D eigenvalue weighted by molar-refractivity contribution is -0.130. The number of amides is 2. The molecule has 6 heteroatoms. The van der Waals surface area contributed by atoms with E-state index in [2.05, 4.69) is 5.32 Å². The first-order valence-corrected chi connectivity index (χ1v) is 8.51. The summed E-state index contributed by atoms with van der Waals surface area (Å²) in [5.41, 5.74) is 0.787. The number of nitrogens with zero attached hydrogens (tertiary/aromatic N) is 1. The fraction of sp³-hybridized carbons (Fsp3) is 0.556. The molecule has 0 aromatic heterocycles. The molecule has 1 N–H and O–H groups in total. The Bertz CT molecular complexity index is 598. The second kappa shape index (κ2) is 7.66. The first-order valence-electron chi connectivity index (χ1n) is 8.51. The summed E-state index contributed by atoms with van der Waals surface area (Å²) in [6.45, 7) is 0.890. The van der Waals surface area contributed by atoms with Gasteiger partial charge < -0.3 is 19.7 Å². The van der Waals surface area contributed by atoms with E-state index in [1.165, 1.54) is 0 Å². The van der Waals surface area contributed by atoms with Gasteiger partial charge in [-0.3, -0.25) is 9.59 Å². The average Bonchev–Trinajstić information content (AvgIpc) is 3.15. The number of rotatable bonds is 5. The lowest BCUT2D eigenvalue weighted by atomic mass is 10.1. The first-order chi connectivity index (χ1) is 11.7. The molecular weight excluding hydrogens is 308 g/mol. The van der Waals surface area contributed by atoms with Crippen LogP contribution >= 0.6 is 0 Å². The quantitative estimate of drug-likeness (QED) is 0.892. The molecular formula is C18H24N2O4. The smallest absolute Gasteiger partial charge is 0.253 e. The molecule has 3 rings (SSSR count). The Hall–Kier alpha value is -2.08. The molecule has 24 heavy (non-hydrogen) atoms. The van der Waals surface area contributed by atoms with Crippen molar-refractivity contribution in [2.24, 2.45) is 5.92 Å². The zero-order valence-electron chi connectivity index (χ0n) is 14.0. The van der Waals surface area contributed by atoms with Gasteiger partial charge in [0.15, 0.2) is 0 Å². The van der Waals surface area contributed by atoms with E-state index >= 15 is 0 Å². The third kappa shape index (κ3) is 3.87. The van der Waals surface area contributed by atoms with E-state index in [0.717, 1.165) is 31.4 Å². The zero-order valence-corrected chi connectivity index (χ0v) is 14.0. The molecule has 1 unspecified atom stereocenters. The van der Waals surface area contributed by atoms with Crippen LogP contribution in [0.25, 0.3) is 0 Å². The Morgan fingerprint density at radius 1 is 1.38 bits per heavy atom. The van der Waals surface area contributed by atoms with E-state index in [0.29, 0.717) is 18.8 Å². The van der Waals surface area contributed by atoms with Crippen molar-refractivity contribution in [3.63, 3.8) is 0 Å². The summed E-state index contributed by atoms with van der Waals surface area (Å²) in [5, 5.41) is 2.98. The number of benzene rings is 1. The number of methoxy groups -OCH3 is 1. The first kappa shape index (κ1) is 16.8. The van der Waals surface area contributed by atoms with Gasteiger partial charge in [-0.1, -0.05) is 18.9 Å². The summed E-state index contributed by atoms with van der Waals surface area (Å²) in [5.74, 6) is 0.880. The number of anilines is 1. The highest BCUT2D eigenvalue weighted by Gasteiger charge is 2.29. The highest BCUT2D eigenvalue weighted by molar-refractivity contribution is 5.95. The Morgan fingerprint density at radius 3 is 2.92 bits per heavy atom. The van der Waals surface area contributed by atoms with Gasteiger partial charge in [-0.25, -0.2) is 0 Å². The minimum atomic E-state index is -0.195. The van der Waals surface area contributed by atoms with Crippen molar-refractivity contribution in [2.75, 3.05) is 31.7 Å². The molecule has 0 radical (unpaired) electrons. The van der Waals surface area contributed by atoms with Crippen molar-refractivity contribution >= 4 is 17.5 Å². The molecule has 6 nitrogen and oxygen atoms in total. The number of hydrogen-bond donors (Lipinski definition) is 1. The predicted molar refractivity (Wildman–Crippen MR) is 90.1 cm³/mol. The minimum Gasteiger partial charge on any atom is -0.497 e. The maximum Gasteiger partial charge on any atom is 0.253 e. The number of carbonyl (C=O) groups is 2. The van der Waals surface area contributed by atoms with Crippen molar-refractivity contribution in [1.29, 1.82) is 0 Å². The van der Waals surface area contributed by atoms with Crippen LogP contribution in [0.4, 0.5) is 5.69 Å². The largest absolute Gasteiger partial charge is 0.497 e. The van der Waals surface area contributed by atoms with Gasteiger partial charge >= 0.3 is 0 Å². The van der Waals surface area contributed by atoms with Crippen LogP contribution in [0.15, 0.2) is 24.3 Å². The molecule has 1 atom stereocenters. The van der Waals surface area contributed by atoms with Gasteiger partial charge in [0.25, 0.3) is 5.91 Å². The maximum absolute atomic E-state index is 12.2. The van der Waals surface area contributed by atoms with Gasteiger partial charge in [0.05, 0.1) is 19.8 Å². The summed E-state index contributed by atoms with van der Waals surface area (Å²) in [6.07, 6.45) is 4.03. The third-order valence-corrected chi connectivity index (χ3v) is 4.72. The van der Waals surface area contributed by atoms with Crippen LogP contribution in [-0.2, 0) is 14.3 Å². The van der Waals surface area contributed by atoms with E-state index in [9.17, 15) is 9.59 Å². The van der Waals surface area contributed by atoms with Gasteiger partial charge in [-0.15, -0.1) is 0 Å². The molecule has 2 aliphatic rings. The molecule has 1 heterocycles. The molecule has 130 valence electrons. The topological polar surface area (TPSA) is 67.9 Å². The van der Waals surface area contributed by atoms with Crippen molar-refractivity contribution in [3.8, 4) is 5.75 Å². The number of hydrogen-bond acceptors (Lipinski definition) is 4. The highest BCUT2D eigenvalue weighted by atomic mass is 16.5. The van der Waals surface area contributed by atoms with Crippen molar-refractivity contribution in [2.45, 2.75) is 31.8 Å². The van der Waals surface area contributed by atoms with E-state index < -0.39 is 0 Å². The minimum absolute atomic E-state index is 0.0289. The SMILES string of the molecule is COc1cccc(N2CC(CNC(=O)C3CCCC3)OCC2=O)c1. The highest BCUT2D eigenvalue weighted by Crippen LogP contribution is 2.25. The number of nitrogens with one attached hydrogen (secondary N) is 1.